The molecule has 1 heterocycles. The molecule has 0 fully saturated rings. The summed E-state index contributed by atoms with van der Waals surface area (Å²) >= 11 is 0. The van der Waals surface area contributed by atoms with E-state index in [9.17, 15) is 4.79 Å². The van der Waals surface area contributed by atoms with Crippen LogP contribution < -0.4 is 14.8 Å². The fraction of sp³-hybridized carbons (Fsp3) is 0.455. The van der Waals surface area contributed by atoms with Crippen molar-refractivity contribution >= 4 is 5.91 Å². The first kappa shape index (κ1) is 21.7. The number of hydrogen-bond donors (Lipinski definition) is 1. The molecule has 0 saturated heterocycles. The van der Waals surface area contributed by atoms with Crippen LogP contribution in [0.5, 0.6) is 11.6 Å². The van der Waals surface area contributed by atoms with Crippen LogP contribution in [0.1, 0.15) is 43.4 Å². The smallest absolute Gasteiger partial charge is 0.261 e. The lowest BCUT2D eigenvalue weighted by atomic mass is 9.98. The highest BCUT2D eigenvalue weighted by atomic mass is 16.5. The molecule has 1 amide bonds. The Kier molecular flexibility index (Phi) is 8.26. The van der Waals surface area contributed by atoms with Gasteiger partial charge in [0.2, 0.25) is 5.88 Å². The van der Waals surface area contributed by atoms with Gasteiger partial charge in [-0.05, 0) is 48.6 Å². The minimum absolute atomic E-state index is 0.175. The zero-order valence-corrected chi connectivity index (χ0v) is 17.3. The fourth-order valence-corrected chi connectivity index (χ4v) is 2.79. The van der Waals surface area contributed by atoms with Gasteiger partial charge in [0, 0.05) is 25.9 Å². The summed E-state index contributed by atoms with van der Waals surface area (Å²) in [4.78, 5) is 16.5. The maximum Gasteiger partial charge on any atom is 0.261 e. The Hall–Kier alpha value is -2.60. The van der Waals surface area contributed by atoms with Crippen LogP contribution >= 0.6 is 0 Å². The van der Waals surface area contributed by atoms with Crippen LogP contribution in [-0.4, -0.2) is 37.3 Å². The van der Waals surface area contributed by atoms with Crippen LogP contribution in [0.15, 0.2) is 36.5 Å². The van der Waals surface area contributed by atoms with Gasteiger partial charge < -0.3 is 19.5 Å². The molecular weight excluding hydrogens is 356 g/mol. The Morgan fingerprint density at radius 3 is 2.54 bits per heavy atom. The molecule has 0 aliphatic rings. The molecule has 0 radical (unpaired) electrons. The highest BCUT2D eigenvalue weighted by Gasteiger charge is 2.15. The lowest BCUT2D eigenvalue weighted by Crippen LogP contribution is -2.35. The van der Waals surface area contributed by atoms with Crippen molar-refractivity contribution < 1.29 is 19.0 Å². The van der Waals surface area contributed by atoms with E-state index >= 15 is 0 Å². The van der Waals surface area contributed by atoms with Crippen molar-refractivity contribution in [2.45, 2.75) is 46.3 Å². The molecule has 0 aliphatic heterocycles. The summed E-state index contributed by atoms with van der Waals surface area (Å²) in [5, 5.41) is 2.87. The van der Waals surface area contributed by atoms with Gasteiger partial charge in [-0.1, -0.05) is 26.0 Å². The van der Waals surface area contributed by atoms with Crippen molar-refractivity contribution in [2.75, 3.05) is 20.3 Å². The third-order valence-corrected chi connectivity index (χ3v) is 4.35. The number of pyridine rings is 1. The Morgan fingerprint density at radius 1 is 1.14 bits per heavy atom. The molecule has 0 bridgehead atoms. The molecule has 1 aromatic heterocycles. The first-order valence-electron chi connectivity index (χ1n) is 9.52. The van der Waals surface area contributed by atoms with Gasteiger partial charge in [0.1, 0.15) is 12.4 Å². The Balaban J connectivity index is 1.83. The molecule has 1 unspecified atom stereocenters. The number of amides is 1. The van der Waals surface area contributed by atoms with E-state index in [4.69, 9.17) is 14.2 Å². The molecule has 2 rings (SSSR count). The number of carbonyl (C=O) groups is 1. The summed E-state index contributed by atoms with van der Waals surface area (Å²) in [5.41, 5.74) is 3.34. The molecule has 28 heavy (non-hydrogen) atoms. The molecule has 6 heteroatoms. The largest absolute Gasteiger partial charge is 0.481 e. The van der Waals surface area contributed by atoms with Gasteiger partial charge in [-0.25, -0.2) is 4.98 Å². The van der Waals surface area contributed by atoms with Crippen LogP contribution in [0.4, 0.5) is 0 Å². The maximum atomic E-state index is 12.3. The molecule has 1 N–H and O–H groups in total. The van der Waals surface area contributed by atoms with E-state index in [0.29, 0.717) is 37.3 Å². The summed E-state index contributed by atoms with van der Waals surface area (Å²) < 4.78 is 16.1. The van der Waals surface area contributed by atoms with Crippen molar-refractivity contribution in [2.24, 2.45) is 0 Å². The number of hydrogen-bond acceptors (Lipinski definition) is 5. The second-order valence-corrected chi connectivity index (χ2v) is 7.00. The van der Waals surface area contributed by atoms with Crippen molar-refractivity contribution in [1.29, 1.82) is 0 Å². The third-order valence-electron chi connectivity index (χ3n) is 4.35. The van der Waals surface area contributed by atoms with Gasteiger partial charge in [0.05, 0.1) is 6.61 Å². The number of benzene rings is 1. The zero-order valence-electron chi connectivity index (χ0n) is 17.3. The second-order valence-electron chi connectivity index (χ2n) is 7.00. The van der Waals surface area contributed by atoms with Crippen molar-refractivity contribution in [3.05, 3.63) is 53.2 Å². The number of aryl methyl sites for hydroxylation is 1. The van der Waals surface area contributed by atoms with Gasteiger partial charge in [0.25, 0.3) is 5.91 Å². The predicted octanol–water partition coefficient (Wildman–Crippen LogP) is 3.62. The first-order valence-corrected chi connectivity index (χ1v) is 9.52. The first-order chi connectivity index (χ1) is 13.4. The number of nitrogens with zero attached hydrogens (tertiary/aromatic N) is 1. The standard InChI is InChI=1S/C22H30N2O4/c1-15(2)20-8-7-19(12-16(20)3)28-17(4)22(25)24-14-18-6-9-21(23-13-18)27-11-10-26-5/h6-9,12-13,15,17H,10-11,14H2,1-5H3,(H,24,25). The summed E-state index contributed by atoms with van der Waals surface area (Å²) in [6, 6.07) is 9.59. The number of aromatic nitrogens is 1. The Bertz CT molecular complexity index is 760. The average Bonchev–Trinajstić information content (AvgIpc) is 2.67. The number of rotatable bonds is 10. The molecule has 152 valence electrons. The third kappa shape index (κ3) is 6.53. The van der Waals surface area contributed by atoms with E-state index in [-0.39, 0.29) is 5.91 Å². The Morgan fingerprint density at radius 2 is 1.93 bits per heavy atom. The van der Waals surface area contributed by atoms with E-state index in [1.165, 1.54) is 11.1 Å². The molecule has 2 aromatic rings. The highest BCUT2D eigenvalue weighted by Crippen LogP contribution is 2.24. The van der Waals surface area contributed by atoms with Gasteiger partial charge in [-0.2, -0.15) is 0 Å². The lowest BCUT2D eigenvalue weighted by Gasteiger charge is -2.17. The molecule has 6 nitrogen and oxygen atoms in total. The summed E-state index contributed by atoms with van der Waals surface area (Å²) in [5.74, 6) is 1.51. The normalized spacial score (nSPS) is 11.9. The minimum Gasteiger partial charge on any atom is -0.481 e. The summed E-state index contributed by atoms with van der Waals surface area (Å²) in [7, 11) is 1.62. The monoisotopic (exact) mass is 386 g/mol. The number of carbonyl (C=O) groups excluding carboxylic acids is 1. The van der Waals surface area contributed by atoms with Crippen molar-refractivity contribution in [1.82, 2.24) is 10.3 Å². The fourth-order valence-electron chi connectivity index (χ4n) is 2.79. The van der Waals surface area contributed by atoms with Crippen LogP contribution in [0.3, 0.4) is 0 Å². The number of methoxy groups -OCH3 is 1. The molecule has 0 aliphatic carbocycles. The molecule has 1 aromatic carbocycles. The van der Waals surface area contributed by atoms with Gasteiger partial charge >= 0.3 is 0 Å². The number of ether oxygens (including phenoxy) is 3. The highest BCUT2D eigenvalue weighted by molar-refractivity contribution is 5.80. The molecule has 1 atom stereocenters. The number of nitrogens with one attached hydrogen (secondary N) is 1. The van der Waals surface area contributed by atoms with Crippen LogP contribution in [0.25, 0.3) is 0 Å². The van der Waals surface area contributed by atoms with Gasteiger partial charge in [0.15, 0.2) is 6.10 Å². The SMILES string of the molecule is COCCOc1ccc(CNC(=O)C(C)Oc2ccc(C(C)C)c(C)c2)cn1. The minimum atomic E-state index is -0.589. The molecule has 0 saturated carbocycles. The lowest BCUT2D eigenvalue weighted by molar-refractivity contribution is -0.127. The van der Waals surface area contributed by atoms with E-state index in [2.05, 4.69) is 37.1 Å². The van der Waals surface area contributed by atoms with Crippen LogP contribution in [0.2, 0.25) is 0 Å². The van der Waals surface area contributed by atoms with E-state index < -0.39 is 6.10 Å². The average molecular weight is 386 g/mol. The van der Waals surface area contributed by atoms with Crippen molar-refractivity contribution in [3.63, 3.8) is 0 Å². The van der Waals surface area contributed by atoms with Gasteiger partial charge in [-0.15, -0.1) is 0 Å². The summed E-state index contributed by atoms with van der Waals surface area (Å²) in [6.07, 6.45) is 1.09. The van der Waals surface area contributed by atoms with Crippen molar-refractivity contribution in [3.8, 4) is 11.6 Å². The topological polar surface area (TPSA) is 69.7 Å². The van der Waals surface area contributed by atoms with E-state index in [1.807, 2.05) is 18.2 Å². The van der Waals surface area contributed by atoms with Crippen LogP contribution in [0, 0.1) is 6.92 Å². The second kappa shape index (κ2) is 10.7. The van der Waals surface area contributed by atoms with Gasteiger partial charge in [-0.3, -0.25) is 4.79 Å². The zero-order chi connectivity index (χ0) is 20.5. The maximum absolute atomic E-state index is 12.3. The van der Waals surface area contributed by atoms with E-state index in [0.717, 1.165) is 5.56 Å². The Labute approximate surface area is 167 Å². The summed E-state index contributed by atoms with van der Waals surface area (Å²) in [6.45, 7) is 9.46. The quantitative estimate of drug-likeness (QED) is 0.632. The van der Waals surface area contributed by atoms with Crippen LogP contribution in [-0.2, 0) is 16.1 Å². The van der Waals surface area contributed by atoms with E-state index in [1.54, 1.807) is 26.3 Å². The molecule has 0 spiro atoms. The molecular formula is C22H30N2O4. The predicted molar refractivity (Wildman–Crippen MR) is 109 cm³/mol.